The molecule has 0 saturated carbocycles. The van der Waals surface area contributed by atoms with E-state index in [1.807, 2.05) is 67.8 Å². The van der Waals surface area contributed by atoms with Gasteiger partial charge in [0.1, 0.15) is 0 Å². The Bertz CT molecular complexity index is 1620. The predicted octanol–water partition coefficient (Wildman–Crippen LogP) is 7.53. The number of nitrogens with zero attached hydrogens (tertiary/aromatic N) is 5. The van der Waals surface area contributed by atoms with Crippen molar-refractivity contribution < 1.29 is 20.1 Å². The van der Waals surface area contributed by atoms with Crippen LogP contribution in [-0.4, -0.2) is 14.5 Å². The van der Waals surface area contributed by atoms with E-state index in [2.05, 4.69) is 42.4 Å². The number of aryl methyl sites for hydroxylation is 3. The molecule has 1 radical (unpaired) electrons. The molecule has 3 aromatic carbocycles. The number of pyridine rings is 1. The second kappa shape index (κ2) is 11.6. The fourth-order valence-corrected chi connectivity index (χ4v) is 4.31. The average Bonchev–Trinajstić information content (AvgIpc) is 3.43. The molecule has 6 heteroatoms. The minimum Gasteiger partial charge on any atom is -0.371 e. The van der Waals surface area contributed by atoms with Crippen LogP contribution in [0.25, 0.3) is 43.5 Å². The Morgan fingerprint density at radius 3 is 2.51 bits per heavy atom. The van der Waals surface area contributed by atoms with Gasteiger partial charge in [-0.05, 0) is 35.7 Å². The molecule has 37 heavy (non-hydrogen) atoms. The molecule has 0 fully saturated rings. The molecule has 2 aromatic heterocycles. The second-order valence-corrected chi connectivity index (χ2v) is 8.33. The maximum Gasteiger partial charge on any atom is 0.176 e. The summed E-state index contributed by atoms with van der Waals surface area (Å²) in [6, 6.07) is 27.7. The largest absolute Gasteiger partial charge is 0.371 e. The first-order valence-electron chi connectivity index (χ1n) is 11.5. The Hall–Kier alpha value is -4.35. The molecule has 3 heterocycles. The SMILES string of the molecule is [C-]#[N+]c1cc[c-]c(-c2cc(-c3ccccc3)c(C)cn2)c1[N+]#[C-].[Ir].[c-]1cccc2c1-c1nccn1CC2. The molecule has 181 valence electrons. The minimum absolute atomic E-state index is 0. The number of fused-ring (bicyclic) bond motifs is 3. The monoisotopic (exact) mass is 656 g/mol. The molecule has 0 unspecified atom stereocenters. The van der Waals surface area contributed by atoms with Crippen LogP contribution in [0.1, 0.15) is 11.1 Å². The van der Waals surface area contributed by atoms with Crippen molar-refractivity contribution in [2.75, 3.05) is 0 Å². The van der Waals surface area contributed by atoms with E-state index in [0.29, 0.717) is 22.6 Å². The third-order valence-corrected chi connectivity index (χ3v) is 6.13. The Morgan fingerprint density at radius 1 is 0.919 bits per heavy atom. The molecule has 0 bridgehead atoms. The van der Waals surface area contributed by atoms with Gasteiger partial charge in [-0.1, -0.05) is 42.0 Å². The summed E-state index contributed by atoms with van der Waals surface area (Å²) in [5.74, 6) is 1.06. The zero-order valence-corrected chi connectivity index (χ0v) is 22.5. The van der Waals surface area contributed by atoms with Crippen LogP contribution in [0.2, 0.25) is 0 Å². The van der Waals surface area contributed by atoms with Gasteiger partial charge in [-0.2, -0.15) is 6.07 Å². The standard InChI is InChI=1S/C20H12N3.C11H9N2.Ir/c1-14-13-23-19(12-17(14)15-8-5-4-6-9-15)16-10-7-11-18(21-2)20(16)22-3;1-2-4-10-9(3-1)5-7-13-8-6-12-11(10)13;/h4-9,11-13H,1H3;1-3,6,8H,5,7H2;/q2*-1;. The maximum atomic E-state index is 7.37. The van der Waals surface area contributed by atoms with Crippen molar-refractivity contribution >= 4 is 11.4 Å². The third-order valence-electron chi connectivity index (χ3n) is 6.13. The molecule has 1 aliphatic heterocycles. The molecule has 6 rings (SSSR count). The van der Waals surface area contributed by atoms with Gasteiger partial charge >= 0.3 is 0 Å². The first kappa shape index (κ1) is 25.7. The summed E-state index contributed by atoms with van der Waals surface area (Å²) < 4.78 is 2.18. The Morgan fingerprint density at radius 2 is 1.73 bits per heavy atom. The summed E-state index contributed by atoms with van der Waals surface area (Å²) in [7, 11) is 0. The molecule has 0 aliphatic carbocycles. The van der Waals surface area contributed by atoms with Crippen LogP contribution < -0.4 is 0 Å². The molecule has 5 aromatic rings. The summed E-state index contributed by atoms with van der Waals surface area (Å²) in [4.78, 5) is 15.7. The number of aromatic nitrogens is 3. The third kappa shape index (κ3) is 5.27. The Balaban J connectivity index is 0.000000193. The number of hydrogen-bond donors (Lipinski definition) is 0. The summed E-state index contributed by atoms with van der Waals surface area (Å²) in [5, 5.41) is 0. The zero-order valence-electron chi connectivity index (χ0n) is 20.1. The van der Waals surface area contributed by atoms with Gasteiger partial charge in [-0.15, -0.1) is 47.5 Å². The topological polar surface area (TPSA) is 39.4 Å². The van der Waals surface area contributed by atoms with Gasteiger partial charge in [0, 0.05) is 45.2 Å². The van der Waals surface area contributed by atoms with Crippen molar-refractivity contribution in [1.29, 1.82) is 0 Å². The second-order valence-electron chi connectivity index (χ2n) is 8.33. The first-order chi connectivity index (χ1) is 17.7. The van der Waals surface area contributed by atoms with Gasteiger partial charge in [0.25, 0.3) is 0 Å². The van der Waals surface area contributed by atoms with Crippen LogP contribution in [0.4, 0.5) is 11.4 Å². The van der Waals surface area contributed by atoms with E-state index in [0.717, 1.165) is 35.5 Å². The number of hydrogen-bond acceptors (Lipinski definition) is 2. The quantitative estimate of drug-likeness (QED) is 0.185. The van der Waals surface area contributed by atoms with E-state index in [4.69, 9.17) is 13.1 Å². The van der Waals surface area contributed by atoms with Gasteiger partial charge in [-0.25, -0.2) is 0 Å². The van der Waals surface area contributed by atoms with Crippen LogP contribution in [0.5, 0.6) is 0 Å². The Labute approximate surface area is 230 Å². The van der Waals surface area contributed by atoms with Crippen molar-refractivity contribution in [3.63, 3.8) is 0 Å². The van der Waals surface area contributed by atoms with Crippen LogP contribution in [-0.2, 0) is 33.1 Å². The molecule has 5 nitrogen and oxygen atoms in total. The first-order valence-corrected chi connectivity index (χ1v) is 11.5. The van der Waals surface area contributed by atoms with Gasteiger partial charge < -0.3 is 9.55 Å². The van der Waals surface area contributed by atoms with Gasteiger partial charge in [-0.3, -0.25) is 14.7 Å². The van der Waals surface area contributed by atoms with Crippen LogP contribution in [0.15, 0.2) is 85.3 Å². The van der Waals surface area contributed by atoms with E-state index in [1.165, 1.54) is 11.1 Å². The van der Waals surface area contributed by atoms with E-state index in [-0.39, 0.29) is 20.1 Å². The van der Waals surface area contributed by atoms with Crippen LogP contribution >= 0.6 is 0 Å². The average molecular weight is 656 g/mol. The molecule has 0 atom stereocenters. The summed E-state index contributed by atoms with van der Waals surface area (Å²) in [5.41, 5.74) is 7.62. The predicted molar refractivity (Wildman–Crippen MR) is 141 cm³/mol. The summed E-state index contributed by atoms with van der Waals surface area (Å²) in [6.07, 6.45) is 6.77. The van der Waals surface area contributed by atoms with E-state index in [9.17, 15) is 0 Å². The van der Waals surface area contributed by atoms with E-state index in [1.54, 1.807) is 18.3 Å². The number of benzene rings is 3. The van der Waals surface area contributed by atoms with Crippen molar-refractivity contribution in [3.8, 4) is 33.8 Å². The smallest absolute Gasteiger partial charge is 0.176 e. The van der Waals surface area contributed by atoms with Gasteiger partial charge in [0.2, 0.25) is 0 Å². The van der Waals surface area contributed by atoms with E-state index < -0.39 is 0 Å². The minimum atomic E-state index is 0. The van der Waals surface area contributed by atoms with Crippen LogP contribution in [0, 0.1) is 32.2 Å². The van der Waals surface area contributed by atoms with E-state index >= 15 is 0 Å². The fourth-order valence-electron chi connectivity index (χ4n) is 4.31. The molecule has 0 spiro atoms. The maximum absolute atomic E-state index is 7.37. The molecule has 0 N–H and O–H groups in total. The normalized spacial score (nSPS) is 10.9. The van der Waals surface area contributed by atoms with Crippen molar-refractivity contribution in [2.24, 2.45) is 0 Å². The summed E-state index contributed by atoms with van der Waals surface area (Å²) in [6.45, 7) is 17.6. The van der Waals surface area contributed by atoms with Gasteiger partial charge in [0.05, 0.1) is 19.0 Å². The zero-order chi connectivity index (χ0) is 24.9. The molecular formula is C31H21IrN5-2. The Kier molecular flexibility index (Phi) is 8.06. The number of rotatable bonds is 2. The van der Waals surface area contributed by atoms with Crippen molar-refractivity contribution in [3.05, 3.63) is 131 Å². The van der Waals surface area contributed by atoms with Gasteiger partial charge in [0.15, 0.2) is 11.4 Å². The molecule has 0 saturated heterocycles. The molecular weight excluding hydrogens is 635 g/mol. The van der Waals surface area contributed by atoms with Crippen molar-refractivity contribution in [2.45, 2.75) is 19.9 Å². The number of imidazole rings is 1. The van der Waals surface area contributed by atoms with Crippen LogP contribution in [0.3, 0.4) is 0 Å². The fraction of sp³-hybridized carbons (Fsp3) is 0.0968. The van der Waals surface area contributed by atoms with Crippen molar-refractivity contribution in [1.82, 2.24) is 14.5 Å². The molecule has 1 aliphatic rings. The summed E-state index contributed by atoms with van der Waals surface area (Å²) >= 11 is 0. The molecule has 0 amide bonds.